The molecule has 118 valence electrons. The number of piperidine rings is 1. The van der Waals surface area contributed by atoms with Crippen LogP contribution in [0, 0.1) is 0 Å². The summed E-state index contributed by atoms with van der Waals surface area (Å²) in [6.07, 6.45) is 10.5. The molecule has 0 aromatic carbocycles. The van der Waals surface area contributed by atoms with Gasteiger partial charge < -0.3 is 0 Å². The molecule has 2 aliphatic rings. The van der Waals surface area contributed by atoms with E-state index in [1.165, 1.54) is 38.4 Å². The van der Waals surface area contributed by atoms with Gasteiger partial charge in [0.05, 0.1) is 5.75 Å². The maximum atomic E-state index is 11.5. The number of sulfone groups is 1. The van der Waals surface area contributed by atoms with Crippen molar-refractivity contribution in [1.82, 2.24) is 10.3 Å². The molecule has 0 aromatic rings. The molecule has 0 amide bonds. The number of likely N-dealkylation sites (tertiary alicyclic amines) is 1. The number of nitrogens with one attached hydrogen (secondary N) is 1. The summed E-state index contributed by atoms with van der Waals surface area (Å²) < 4.78 is 22.9. The highest BCUT2D eigenvalue weighted by molar-refractivity contribution is 7.90. The van der Waals surface area contributed by atoms with Gasteiger partial charge in [-0.3, -0.25) is 16.2 Å². The molecule has 6 heteroatoms. The van der Waals surface area contributed by atoms with Gasteiger partial charge in [0.2, 0.25) is 0 Å². The predicted molar refractivity (Wildman–Crippen MR) is 82.1 cm³/mol. The first kappa shape index (κ1) is 16.2. The summed E-state index contributed by atoms with van der Waals surface area (Å²) in [6.45, 7) is 2.27. The predicted octanol–water partition coefficient (Wildman–Crippen LogP) is 1.05. The Bertz CT molecular complexity index is 399. The monoisotopic (exact) mass is 303 g/mol. The fourth-order valence-corrected chi connectivity index (χ4v) is 4.71. The normalized spacial score (nSPS) is 25.7. The van der Waals surface area contributed by atoms with Crippen molar-refractivity contribution >= 4 is 9.84 Å². The van der Waals surface area contributed by atoms with Gasteiger partial charge in [0, 0.05) is 17.8 Å². The first-order valence-electron chi connectivity index (χ1n) is 7.87. The van der Waals surface area contributed by atoms with Crippen LogP contribution in [0.25, 0.3) is 0 Å². The Kier molecular flexibility index (Phi) is 5.45. The molecule has 20 heavy (non-hydrogen) atoms. The van der Waals surface area contributed by atoms with Crippen LogP contribution in [0.2, 0.25) is 0 Å². The molecule has 0 spiro atoms. The molecule has 0 bridgehead atoms. The standard InChI is InChI=1S/C14H29N3O2S/c1-20(18,19)12-7-13(16-15)14(8-3-4-9-14)17-10-5-2-6-11-17/h13,16H,2-12,15H2,1H3. The van der Waals surface area contributed by atoms with Gasteiger partial charge in [-0.25, -0.2) is 8.42 Å². The van der Waals surface area contributed by atoms with Gasteiger partial charge in [0.25, 0.3) is 0 Å². The lowest BCUT2D eigenvalue weighted by Gasteiger charge is -2.48. The third-order valence-electron chi connectivity index (χ3n) is 5.08. The number of nitrogens with two attached hydrogens (primary N) is 1. The molecule has 5 nitrogen and oxygen atoms in total. The van der Waals surface area contributed by atoms with E-state index in [0.29, 0.717) is 6.42 Å². The average Bonchev–Trinajstić information content (AvgIpc) is 2.90. The van der Waals surface area contributed by atoms with Gasteiger partial charge in [0.15, 0.2) is 0 Å². The van der Waals surface area contributed by atoms with E-state index in [1.807, 2.05) is 0 Å². The van der Waals surface area contributed by atoms with E-state index in [4.69, 9.17) is 5.84 Å². The lowest BCUT2D eigenvalue weighted by molar-refractivity contribution is 0.0356. The second-order valence-electron chi connectivity index (χ2n) is 6.50. The highest BCUT2D eigenvalue weighted by Gasteiger charge is 2.45. The van der Waals surface area contributed by atoms with Crippen LogP contribution < -0.4 is 11.3 Å². The Morgan fingerprint density at radius 1 is 1.15 bits per heavy atom. The second-order valence-corrected chi connectivity index (χ2v) is 8.76. The molecule has 1 atom stereocenters. The van der Waals surface area contributed by atoms with Crippen LogP contribution in [0.5, 0.6) is 0 Å². The van der Waals surface area contributed by atoms with E-state index < -0.39 is 9.84 Å². The fraction of sp³-hybridized carbons (Fsp3) is 1.00. The summed E-state index contributed by atoms with van der Waals surface area (Å²) in [5, 5.41) is 0. The molecule has 2 fully saturated rings. The molecule has 1 heterocycles. The van der Waals surface area contributed by atoms with Crippen LogP contribution in [-0.2, 0) is 9.84 Å². The van der Waals surface area contributed by atoms with Crippen LogP contribution in [0.4, 0.5) is 0 Å². The van der Waals surface area contributed by atoms with Gasteiger partial charge in [-0.1, -0.05) is 19.3 Å². The number of hydrogen-bond donors (Lipinski definition) is 2. The quantitative estimate of drug-likeness (QED) is 0.567. The van der Waals surface area contributed by atoms with E-state index in [2.05, 4.69) is 10.3 Å². The molecule has 2 rings (SSSR count). The molecule has 1 aliphatic heterocycles. The third-order valence-corrected chi connectivity index (χ3v) is 6.06. The van der Waals surface area contributed by atoms with E-state index in [9.17, 15) is 8.42 Å². The molecule has 1 saturated carbocycles. The fourth-order valence-electron chi connectivity index (χ4n) is 4.05. The molecule has 0 aromatic heterocycles. The first-order chi connectivity index (χ1) is 9.48. The summed E-state index contributed by atoms with van der Waals surface area (Å²) in [7, 11) is -2.93. The van der Waals surface area contributed by atoms with Crippen molar-refractivity contribution in [3.05, 3.63) is 0 Å². The molecular formula is C14H29N3O2S. The van der Waals surface area contributed by atoms with Crippen LogP contribution in [-0.4, -0.2) is 50.0 Å². The summed E-state index contributed by atoms with van der Waals surface area (Å²) in [6, 6.07) is 0.0813. The minimum absolute atomic E-state index is 0.0813. The second kappa shape index (κ2) is 6.73. The Balaban J connectivity index is 2.11. The van der Waals surface area contributed by atoms with E-state index in [-0.39, 0.29) is 17.3 Å². The van der Waals surface area contributed by atoms with Crippen LogP contribution in [0.15, 0.2) is 0 Å². The number of nitrogens with zero attached hydrogens (tertiary/aromatic N) is 1. The largest absolute Gasteiger partial charge is 0.296 e. The van der Waals surface area contributed by atoms with Crippen molar-refractivity contribution in [3.8, 4) is 0 Å². The maximum absolute atomic E-state index is 11.5. The minimum Gasteiger partial charge on any atom is -0.296 e. The average molecular weight is 303 g/mol. The van der Waals surface area contributed by atoms with Gasteiger partial charge in [-0.15, -0.1) is 0 Å². The molecule has 3 N–H and O–H groups in total. The summed E-state index contributed by atoms with van der Waals surface area (Å²) >= 11 is 0. The topological polar surface area (TPSA) is 75.4 Å². The number of hydrazine groups is 1. The maximum Gasteiger partial charge on any atom is 0.147 e. The molecule has 1 aliphatic carbocycles. The smallest absolute Gasteiger partial charge is 0.147 e. The van der Waals surface area contributed by atoms with Crippen molar-refractivity contribution in [2.75, 3.05) is 25.1 Å². The van der Waals surface area contributed by atoms with E-state index >= 15 is 0 Å². The molecule has 1 saturated heterocycles. The van der Waals surface area contributed by atoms with Gasteiger partial charge in [0.1, 0.15) is 9.84 Å². The van der Waals surface area contributed by atoms with Crippen LogP contribution in [0.1, 0.15) is 51.4 Å². The Hall–Kier alpha value is -0.170. The summed E-state index contributed by atoms with van der Waals surface area (Å²) in [4.78, 5) is 2.59. The van der Waals surface area contributed by atoms with Crippen LogP contribution in [0.3, 0.4) is 0 Å². The van der Waals surface area contributed by atoms with Gasteiger partial charge in [-0.2, -0.15) is 0 Å². The number of rotatable bonds is 6. The molecule has 0 radical (unpaired) electrons. The van der Waals surface area contributed by atoms with Crippen molar-refractivity contribution in [1.29, 1.82) is 0 Å². The van der Waals surface area contributed by atoms with Crippen molar-refractivity contribution in [3.63, 3.8) is 0 Å². The zero-order valence-electron chi connectivity index (χ0n) is 12.6. The summed E-state index contributed by atoms with van der Waals surface area (Å²) in [5.41, 5.74) is 3.03. The van der Waals surface area contributed by atoms with Crippen molar-refractivity contribution in [2.45, 2.75) is 62.9 Å². The van der Waals surface area contributed by atoms with Crippen LogP contribution >= 0.6 is 0 Å². The lowest BCUT2D eigenvalue weighted by Crippen LogP contribution is -2.62. The van der Waals surface area contributed by atoms with Crippen molar-refractivity contribution in [2.24, 2.45) is 5.84 Å². The Morgan fingerprint density at radius 3 is 2.25 bits per heavy atom. The van der Waals surface area contributed by atoms with Gasteiger partial charge in [-0.05, 0) is 45.2 Å². The Labute approximate surface area is 123 Å². The zero-order chi connectivity index (χ0) is 14.6. The van der Waals surface area contributed by atoms with E-state index in [1.54, 1.807) is 0 Å². The molecular weight excluding hydrogens is 274 g/mol. The SMILES string of the molecule is CS(=O)(=O)CCC(NN)C1(N2CCCCC2)CCCC1. The van der Waals surface area contributed by atoms with Crippen molar-refractivity contribution < 1.29 is 8.42 Å². The third kappa shape index (κ3) is 3.72. The minimum atomic E-state index is -2.93. The number of hydrogen-bond acceptors (Lipinski definition) is 5. The highest BCUT2D eigenvalue weighted by Crippen LogP contribution is 2.40. The first-order valence-corrected chi connectivity index (χ1v) is 9.93. The summed E-state index contributed by atoms with van der Waals surface area (Å²) in [5.74, 6) is 6.02. The van der Waals surface area contributed by atoms with E-state index in [0.717, 1.165) is 25.9 Å². The highest BCUT2D eigenvalue weighted by atomic mass is 32.2. The lowest BCUT2D eigenvalue weighted by atomic mass is 9.83. The zero-order valence-corrected chi connectivity index (χ0v) is 13.4. The van der Waals surface area contributed by atoms with Gasteiger partial charge >= 0.3 is 0 Å². The molecule has 1 unspecified atom stereocenters. The Morgan fingerprint density at radius 2 is 1.75 bits per heavy atom.